The summed E-state index contributed by atoms with van der Waals surface area (Å²) in [7, 11) is 0. The highest BCUT2D eigenvalue weighted by Gasteiger charge is 2.25. The third-order valence-corrected chi connectivity index (χ3v) is 4.96. The second kappa shape index (κ2) is 10.4. The van der Waals surface area contributed by atoms with Crippen LogP contribution in [-0.4, -0.2) is 29.8 Å². The minimum atomic E-state index is -0.326. The number of nitrogens with one attached hydrogen (secondary N) is 2. The molecule has 2 amide bonds. The van der Waals surface area contributed by atoms with Gasteiger partial charge in [0.05, 0.1) is 6.26 Å². The van der Waals surface area contributed by atoms with Gasteiger partial charge in [0.2, 0.25) is 5.91 Å². The van der Waals surface area contributed by atoms with E-state index in [2.05, 4.69) is 29.4 Å². The molecule has 6 nitrogen and oxygen atoms in total. The van der Waals surface area contributed by atoms with E-state index in [1.807, 2.05) is 42.5 Å². The monoisotopic (exact) mass is 405 g/mol. The first-order chi connectivity index (χ1) is 14.6. The van der Waals surface area contributed by atoms with Gasteiger partial charge in [-0.2, -0.15) is 0 Å². The molecule has 156 valence electrons. The molecular formula is C24H27N3O3. The Morgan fingerprint density at radius 2 is 1.63 bits per heavy atom. The average molecular weight is 405 g/mol. The van der Waals surface area contributed by atoms with Gasteiger partial charge in [-0.15, -0.1) is 0 Å². The van der Waals surface area contributed by atoms with Crippen molar-refractivity contribution in [1.82, 2.24) is 10.2 Å². The number of hydrogen-bond acceptors (Lipinski definition) is 4. The SMILES string of the molecule is CCN(CC)C(C(=O)NCc1ccc(NC(=O)c2ccco2)cc1)c1ccccc1. The maximum atomic E-state index is 13.0. The Morgan fingerprint density at radius 3 is 2.23 bits per heavy atom. The molecule has 0 saturated heterocycles. The van der Waals surface area contributed by atoms with Gasteiger partial charge < -0.3 is 15.1 Å². The zero-order valence-corrected chi connectivity index (χ0v) is 17.3. The number of amides is 2. The van der Waals surface area contributed by atoms with Crippen molar-refractivity contribution in [2.75, 3.05) is 18.4 Å². The number of hydrogen-bond donors (Lipinski definition) is 2. The van der Waals surface area contributed by atoms with Crippen molar-refractivity contribution in [3.8, 4) is 0 Å². The van der Waals surface area contributed by atoms with Crippen LogP contribution >= 0.6 is 0 Å². The van der Waals surface area contributed by atoms with E-state index in [1.165, 1.54) is 6.26 Å². The number of carbonyl (C=O) groups excluding carboxylic acids is 2. The van der Waals surface area contributed by atoms with Crippen molar-refractivity contribution < 1.29 is 14.0 Å². The Bertz CT molecular complexity index is 934. The van der Waals surface area contributed by atoms with Crippen molar-refractivity contribution in [2.24, 2.45) is 0 Å². The molecular weight excluding hydrogens is 378 g/mol. The molecule has 3 aromatic rings. The summed E-state index contributed by atoms with van der Waals surface area (Å²) < 4.78 is 5.09. The van der Waals surface area contributed by atoms with E-state index < -0.39 is 0 Å². The smallest absolute Gasteiger partial charge is 0.291 e. The molecule has 1 atom stereocenters. The summed E-state index contributed by atoms with van der Waals surface area (Å²) >= 11 is 0. The first kappa shape index (κ1) is 21.3. The molecule has 2 aromatic carbocycles. The van der Waals surface area contributed by atoms with Gasteiger partial charge in [-0.25, -0.2) is 0 Å². The van der Waals surface area contributed by atoms with Crippen LogP contribution in [0, 0.1) is 0 Å². The minimum Gasteiger partial charge on any atom is -0.459 e. The summed E-state index contributed by atoms with van der Waals surface area (Å²) in [5.41, 5.74) is 2.59. The maximum Gasteiger partial charge on any atom is 0.291 e. The van der Waals surface area contributed by atoms with Crippen LogP contribution in [0.5, 0.6) is 0 Å². The van der Waals surface area contributed by atoms with Gasteiger partial charge in [0.15, 0.2) is 5.76 Å². The molecule has 0 fully saturated rings. The number of benzene rings is 2. The zero-order chi connectivity index (χ0) is 21.3. The molecule has 1 unspecified atom stereocenters. The second-order valence-corrected chi connectivity index (χ2v) is 6.88. The lowest BCUT2D eigenvalue weighted by molar-refractivity contribution is -0.126. The first-order valence-electron chi connectivity index (χ1n) is 10.1. The number of carbonyl (C=O) groups is 2. The molecule has 1 aromatic heterocycles. The van der Waals surface area contributed by atoms with E-state index in [0.29, 0.717) is 12.2 Å². The van der Waals surface area contributed by atoms with E-state index in [1.54, 1.807) is 24.3 Å². The molecule has 30 heavy (non-hydrogen) atoms. The summed E-state index contributed by atoms with van der Waals surface area (Å²) in [6.45, 7) is 6.10. The number of nitrogens with zero attached hydrogens (tertiary/aromatic N) is 1. The van der Waals surface area contributed by atoms with Crippen molar-refractivity contribution >= 4 is 17.5 Å². The first-order valence-corrected chi connectivity index (χ1v) is 10.1. The van der Waals surface area contributed by atoms with Crippen LogP contribution in [-0.2, 0) is 11.3 Å². The molecule has 3 rings (SSSR count). The zero-order valence-electron chi connectivity index (χ0n) is 17.3. The van der Waals surface area contributed by atoms with Gasteiger partial charge in [0.1, 0.15) is 6.04 Å². The molecule has 0 aliphatic heterocycles. The van der Waals surface area contributed by atoms with Gasteiger partial charge in [0.25, 0.3) is 5.91 Å². The summed E-state index contributed by atoms with van der Waals surface area (Å²) in [5, 5.41) is 5.83. The molecule has 0 spiro atoms. The standard InChI is InChI=1S/C24H27N3O3/c1-3-27(4-2)22(19-9-6-5-7-10-19)24(29)25-17-18-12-14-20(15-13-18)26-23(28)21-11-8-16-30-21/h5-16,22H,3-4,17H2,1-2H3,(H,25,29)(H,26,28). The largest absolute Gasteiger partial charge is 0.459 e. The Morgan fingerprint density at radius 1 is 0.933 bits per heavy atom. The fraction of sp³-hybridized carbons (Fsp3) is 0.250. The Hall–Kier alpha value is -3.38. The van der Waals surface area contributed by atoms with Crippen LogP contribution in [0.2, 0.25) is 0 Å². The van der Waals surface area contributed by atoms with E-state index in [-0.39, 0.29) is 23.6 Å². The third kappa shape index (κ3) is 5.36. The van der Waals surface area contributed by atoms with Crippen molar-refractivity contribution in [3.63, 3.8) is 0 Å². The molecule has 6 heteroatoms. The van der Waals surface area contributed by atoms with Crippen LogP contribution in [0.4, 0.5) is 5.69 Å². The highest BCUT2D eigenvalue weighted by Crippen LogP contribution is 2.21. The summed E-state index contributed by atoms with van der Waals surface area (Å²) in [6.07, 6.45) is 1.46. The topological polar surface area (TPSA) is 74.6 Å². The van der Waals surface area contributed by atoms with Gasteiger partial charge in [-0.1, -0.05) is 56.3 Å². The molecule has 0 saturated carbocycles. The van der Waals surface area contributed by atoms with Crippen LogP contribution in [0.1, 0.15) is 41.6 Å². The Balaban J connectivity index is 1.62. The van der Waals surface area contributed by atoms with E-state index in [0.717, 1.165) is 24.2 Å². The van der Waals surface area contributed by atoms with E-state index in [4.69, 9.17) is 4.42 Å². The maximum absolute atomic E-state index is 13.0. The minimum absolute atomic E-state index is 0.0277. The predicted molar refractivity (Wildman–Crippen MR) is 117 cm³/mol. The van der Waals surface area contributed by atoms with Crippen molar-refractivity contribution in [1.29, 1.82) is 0 Å². The number of furan rings is 1. The van der Waals surface area contributed by atoms with E-state index >= 15 is 0 Å². The van der Waals surface area contributed by atoms with E-state index in [9.17, 15) is 9.59 Å². The van der Waals surface area contributed by atoms with Crippen LogP contribution in [0.3, 0.4) is 0 Å². The molecule has 0 bridgehead atoms. The summed E-state index contributed by atoms with van der Waals surface area (Å²) in [4.78, 5) is 27.2. The van der Waals surface area contributed by atoms with Gasteiger partial charge in [-0.3, -0.25) is 14.5 Å². The van der Waals surface area contributed by atoms with Crippen LogP contribution in [0.15, 0.2) is 77.4 Å². The Kier molecular flexibility index (Phi) is 7.40. The van der Waals surface area contributed by atoms with Gasteiger partial charge >= 0.3 is 0 Å². The fourth-order valence-corrected chi connectivity index (χ4v) is 3.34. The molecule has 0 aliphatic rings. The highest BCUT2D eigenvalue weighted by atomic mass is 16.3. The number of anilines is 1. The predicted octanol–water partition coefficient (Wildman–Crippen LogP) is 4.23. The molecule has 0 radical (unpaired) electrons. The fourth-order valence-electron chi connectivity index (χ4n) is 3.34. The second-order valence-electron chi connectivity index (χ2n) is 6.88. The van der Waals surface area contributed by atoms with Crippen LogP contribution in [0.25, 0.3) is 0 Å². The number of rotatable bonds is 9. The van der Waals surface area contributed by atoms with Crippen LogP contribution < -0.4 is 10.6 Å². The average Bonchev–Trinajstić information content (AvgIpc) is 3.32. The van der Waals surface area contributed by atoms with Gasteiger partial charge in [-0.05, 0) is 48.5 Å². The molecule has 2 N–H and O–H groups in total. The third-order valence-electron chi connectivity index (χ3n) is 4.96. The molecule has 0 aliphatic carbocycles. The van der Waals surface area contributed by atoms with Crippen molar-refractivity contribution in [3.05, 3.63) is 89.9 Å². The van der Waals surface area contributed by atoms with Gasteiger partial charge in [0, 0.05) is 12.2 Å². The highest BCUT2D eigenvalue weighted by molar-refractivity contribution is 6.02. The summed E-state index contributed by atoms with van der Waals surface area (Å²) in [5.74, 6) is -0.0687. The Labute approximate surface area is 176 Å². The lowest BCUT2D eigenvalue weighted by Gasteiger charge is -2.29. The quantitative estimate of drug-likeness (QED) is 0.559. The lowest BCUT2D eigenvalue weighted by Crippen LogP contribution is -2.40. The normalized spacial score (nSPS) is 11.8. The number of likely N-dealkylation sites (N-methyl/N-ethyl adjacent to an activating group) is 1. The lowest BCUT2D eigenvalue weighted by atomic mass is 10.0. The molecule has 1 heterocycles. The van der Waals surface area contributed by atoms with Crippen molar-refractivity contribution in [2.45, 2.75) is 26.4 Å². The summed E-state index contributed by atoms with van der Waals surface area (Å²) in [6, 6.07) is 20.2.